The van der Waals surface area contributed by atoms with Gasteiger partial charge in [0.25, 0.3) is 5.91 Å². The molecule has 0 atom stereocenters. The van der Waals surface area contributed by atoms with Gasteiger partial charge in [-0.15, -0.1) is 0 Å². The van der Waals surface area contributed by atoms with Gasteiger partial charge in [-0.1, -0.05) is 41.9 Å². The summed E-state index contributed by atoms with van der Waals surface area (Å²) in [5.41, 5.74) is 0.660. The maximum Gasteiger partial charge on any atom is 0.264 e. The number of hydrogen-bond donors (Lipinski definition) is 1. The Labute approximate surface area is 138 Å². The van der Waals surface area contributed by atoms with Crippen LogP contribution in [0.1, 0.15) is 15.9 Å². The molecule has 0 aromatic heterocycles. The van der Waals surface area contributed by atoms with Crippen LogP contribution < -0.4 is 14.2 Å². The Kier molecular flexibility index (Phi) is 4.14. The van der Waals surface area contributed by atoms with Crippen molar-refractivity contribution in [1.29, 1.82) is 0 Å². The number of fused-ring (bicyclic) bond motifs is 1. The summed E-state index contributed by atoms with van der Waals surface area (Å²) >= 11 is 5.99. The molecule has 1 aliphatic heterocycles. The van der Waals surface area contributed by atoms with Crippen LogP contribution in [0.3, 0.4) is 0 Å². The second kappa shape index (κ2) is 6.10. The van der Waals surface area contributed by atoms with E-state index in [4.69, 9.17) is 21.1 Å². The normalized spacial score (nSPS) is 12.9. The van der Waals surface area contributed by atoms with Crippen LogP contribution >= 0.6 is 11.6 Å². The Morgan fingerprint density at radius 1 is 1.17 bits per heavy atom. The molecule has 23 heavy (non-hydrogen) atoms. The summed E-state index contributed by atoms with van der Waals surface area (Å²) in [7, 11) is -3.82. The number of nitrogens with one attached hydrogen (secondary N) is 1. The van der Waals surface area contributed by atoms with Gasteiger partial charge in [0.2, 0.25) is 16.8 Å². The molecule has 1 heterocycles. The van der Waals surface area contributed by atoms with Gasteiger partial charge in [0, 0.05) is 5.56 Å². The average molecular weight is 354 g/mol. The molecule has 0 saturated carbocycles. The Balaban J connectivity index is 1.78. The van der Waals surface area contributed by atoms with Crippen LogP contribution in [0.2, 0.25) is 5.02 Å². The van der Waals surface area contributed by atoms with E-state index in [1.807, 2.05) is 4.72 Å². The van der Waals surface area contributed by atoms with Crippen LogP contribution in [0.4, 0.5) is 0 Å². The van der Waals surface area contributed by atoms with E-state index in [1.165, 1.54) is 12.1 Å². The summed E-state index contributed by atoms with van der Waals surface area (Å²) in [6.07, 6.45) is 0. The maximum absolute atomic E-state index is 12.2. The molecule has 6 nitrogen and oxygen atoms in total. The van der Waals surface area contributed by atoms with Gasteiger partial charge >= 0.3 is 0 Å². The molecule has 0 saturated heterocycles. The molecular weight excluding hydrogens is 342 g/mol. The number of halogens is 1. The molecule has 0 unspecified atom stereocenters. The zero-order valence-corrected chi connectivity index (χ0v) is 13.4. The van der Waals surface area contributed by atoms with Gasteiger partial charge in [0.1, 0.15) is 0 Å². The molecule has 120 valence electrons. The molecule has 1 amide bonds. The summed E-state index contributed by atoms with van der Waals surface area (Å²) in [5.74, 6) is -0.419. The quantitative estimate of drug-likeness (QED) is 0.912. The molecule has 2 aromatic rings. The molecule has 0 spiro atoms. The lowest BCUT2D eigenvalue weighted by Gasteiger charge is -2.08. The monoisotopic (exact) mass is 353 g/mol. The fourth-order valence-electron chi connectivity index (χ4n) is 2.13. The van der Waals surface area contributed by atoms with Crippen molar-refractivity contribution in [3.63, 3.8) is 0 Å². The molecule has 0 radical (unpaired) electrons. The second-order valence-corrected chi connectivity index (χ2v) is 7.00. The van der Waals surface area contributed by atoms with Crippen LogP contribution in [0.5, 0.6) is 11.5 Å². The summed E-state index contributed by atoms with van der Waals surface area (Å²) in [6.45, 7) is 0.00638. The lowest BCUT2D eigenvalue weighted by atomic mass is 10.2. The molecule has 2 aromatic carbocycles. The summed E-state index contributed by atoms with van der Waals surface area (Å²) in [5, 5.41) is 0.186. The van der Waals surface area contributed by atoms with Crippen molar-refractivity contribution in [2.75, 3.05) is 6.79 Å². The van der Waals surface area contributed by atoms with E-state index in [0.717, 1.165) is 0 Å². The van der Waals surface area contributed by atoms with Crippen LogP contribution in [0, 0.1) is 0 Å². The van der Waals surface area contributed by atoms with Crippen molar-refractivity contribution < 1.29 is 22.7 Å². The number of amides is 1. The maximum atomic E-state index is 12.2. The number of benzene rings is 2. The van der Waals surface area contributed by atoms with E-state index in [-0.39, 0.29) is 23.1 Å². The number of sulfonamides is 1. The van der Waals surface area contributed by atoms with Crippen molar-refractivity contribution >= 4 is 27.5 Å². The van der Waals surface area contributed by atoms with Crippen molar-refractivity contribution in [2.45, 2.75) is 5.75 Å². The number of carbonyl (C=O) groups excluding carboxylic acids is 1. The first kappa shape index (κ1) is 15.6. The molecule has 0 bridgehead atoms. The molecule has 3 rings (SSSR count). The highest BCUT2D eigenvalue weighted by Gasteiger charge is 2.23. The largest absolute Gasteiger partial charge is 0.454 e. The van der Waals surface area contributed by atoms with Gasteiger partial charge in [-0.3, -0.25) is 4.79 Å². The number of hydrogen-bond acceptors (Lipinski definition) is 5. The van der Waals surface area contributed by atoms with Gasteiger partial charge in [-0.25, -0.2) is 13.1 Å². The minimum absolute atomic E-state index is 0.00638. The Morgan fingerprint density at radius 2 is 1.91 bits per heavy atom. The van der Waals surface area contributed by atoms with E-state index < -0.39 is 15.9 Å². The SMILES string of the molecule is O=C(NS(=O)(=O)Cc1ccccc1)c1cc(Cl)c2c(c1)OCO2. The predicted molar refractivity (Wildman–Crippen MR) is 84.1 cm³/mol. The van der Waals surface area contributed by atoms with Gasteiger partial charge in [0.05, 0.1) is 10.8 Å². The minimum atomic E-state index is -3.82. The van der Waals surface area contributed by atoms with E-state index in [2.05, 4.69) is 0 Å². The number of carbonyl (C=O) groups is 1. The highest BCUT2D eigenvalue weighted by atomic mass is 35.5. The fraction of sp³-hybridized carbons (Fsp3) is 0.133. The van der Waals surface area contributed by atoms with Crippen LogP contribution in [-0.2, 0) is 15.8 Å². The Hall–Kier alpha value is -2.25. The van der Waals surface area contributed by atoms with E-state index in [1.54, 1.807) is 30.3 Å². The van der Waals surface area contributed by atoms with Crippen LogP contribution in [0.25, 0.3) is 0 Å². The average Bonchev–Trinajstić information content (AvgIpc) is 2.96. The van der Waals surface area contributed by atoms with Crippen LogP contribution in [-0.4, -0.2) is 21.1 Å². The lowest BCUT2D eigenvalue weighted by molar-refractivity contribution is 0.0981. The van der Waals surface area contributed by atoms with Crippen molar-refractivity contribution in [3.8, 4) is 11.5 Å². The third-order valence-corrected chi connectivity index (χ3v) is 4.63. The van der Waals surface area contributed by atoms with Crippen molar-refractivity contribution in [1.82, 2.24) is 4.72 Å². The smallest absolute Gasteiger partial charge is 0.264 e. The zero-order valence-electron chi connectivity index (χ0n) is 11.8. The molecule has 0 aliphatic carbocycles. The Bertz CT molecular complexity index is 852. The van der Waals surface area contributed by atoms with Crippen molar-refractivity contribution in [3.05, 3.63) is 58.6 Å². The first-order chi connectivity index (χ1) is 10.9. The predicted octanol–water partition coefficient (Wildman–Crippen LogP) is 2.33. The topological polar surface area (TPSA) is 81.7 Å². The molecule has 8 heteroatoms. The van der Waals surface area contributed by atoms with E-state index >= 15 is 0 Å². The molecule has 1 N–H and O–H groups in total. The third-order valence-electron chi connectivity index (χ3n) is 3.14. The van der Waals surface area contributed by atoms with Gasteiger partial charge in [-0.2, -0.15) is 0 Å². The molecule has 1 aliphatic rings. The first-order valence-electron chi connectivity index (χ1n) is 6.62. The fourth-order valence-corrected chi connectivity index (χ4v) is 3.50. The number of rotatable bonds is 4. The highest BCUT2D eigenvalue weighted by Crippen LogP contribution is 2.39. The zero-order chi connectivity index (χ0) is 16.4. The summed E-state index contributed by atoms with van der Waals surface area (Å²) in [6, 6.07) is 11.3. The highest BCUT2D eigenvalue weighted by molar-refractivity contribution is 7.89. The van der Waals surface area contributed by atoms with Crippen molar-refractivity contribution in [2.24, 2.45) is 0 Å². The molecule has 0 fully saturated rings. The third kappa shape index (κ3) is 3.57. The second-order valence-electron chi connectivity index (χ2n) is 4.87. The molecular formula is C15H12ClNO5S. The Morgan fingerprint density at radius 3 is 2.65 bits per heavy atom. The van der Waals surface area contributed by atoms with Gasteiger partial charge < -0.3 is 9.47 Å². The standard InChI is InChI=1S/C15H12ClNO5S/c16-12-6-11(7-13-14(12)22-9-21-13)15(18)17-23(19,20)8-10-4-2-1-3-5-10/h1-7H,8-9H2,(H,17,18). The van der Waals surface area contributed by atoms with Gasteiger partial charge in [0.15, 0.2) is 11.5 Å². The van der Waals surface area contributed by atoms with Crippen LogP contribution in [0.15, 0.2) is 42.5 Å². The first-order valence-corrected chi connectivity index (χ1v) is 8.65. The minimum Gasteiger partial charge on any atom is -0.454 e. The summed E-state index contributed by atoms with van der Waals surface area (Å²) < 4.78 is 36.5. The summed E-state index contributed by atoms with van der Waals surface area (Å²) in [4.78, 5) is 12.2. The van der Waals surface area contributed by atoms with E-state index in [9.17, 15) is 13.2 Å². The van der Waals surface area contributed by atoms with Gasteiger partial charge in [-0.05, 0) is 17.7 Å². The number of ether oxygens (including phenoxy) is 2. The van der Waals surface area contributed by atoms with E-state index in [0.29, 0.717) is 17.1 Å². The lowest BCUT2D eigenvalue weighted by Crippen LogP contribution is -2.31.